The molecule has 0 amide bonds. The molecule has 0 aliphatic heterocycles. The third kappa shape index (κ3) is 4.47. The van der Waals surface area contributed by atoms with Gasteiger partial charge in [-0.1, -0.05) is 0 Å². The van der Waals surface area contributed by atoms with E-state index >= 15 is 0 Å². The molecule has 1 N–H and O–H groups in total. The first kappa shape index (κ1) is 20.1. The Morgan fingerprint density at radius 3 is 2.27 bits per heavy atom. The number of methoxy groups -OCH3 is 2. The molecule has 0 radical (unpaired) electrons. The van der Waals surface area contributed by atoms with E-state index in [1.165, 1.54) is 0 Å². The van der Waals surface area contributed by atoms with Crippen LogP contribution in [0.2, 0.25) is 0 Å². The van der Waals surface area contributed by atoms with Crippen LogP contribution in [0.3, 0.4) is 0 Å². The van der Waals surface area contributed by atoms with Crippen molar-refractivity contribution in [3.63, 3.8) is 0 Å². The summed E-state index contributed by atoms with van der Waals surface area (Å²) in [5, 5.41) is 6.22. The van der Waals surface area contributed by atoms with Crippen molar-refractivity contribution in [3.05, 3.63) is 47.8 Å². The molecule has 2 aromatic carbocycles. The number of nitrogens with zero attached hydrogens (tertiary/aromatic N) is 2. The summed E-state index contributed by atoms with van der Waals surface area (Å²) in [5.74, 6) is 1.41. The summed E-state index contributed by atoms with van der Waals surface area (Å²) in [4.78, 5) is 6.74. The zero-order valence-corrected chi connectivity index (χ0v) is 17.7. The Morgan fingerprint density at radius 2 is 1.65 bits per heavy atom. The van der Waals surface area contributed by atoms with Gasteiger partial charge in [0.2, 0.25) is 0 Å². The third-order valence-electron chi connectivity index (χ3n) is 3.82. The van der Waals surface area contributed by atoms with Crippen LogP contribution in [-0.4, -0.2) is 33.3 Å². The van der Waals surface area contributed by atoms with Crippen LogP contribution in [0.5, 0.6) is 11.5 Å². The molecule has 3 rings (SSSR count). The Hall–Kier alpha value is -2.25. The fourth-order valence-electron chi connectivity index (χ4n) is 2.43. The predicted molar refractivity (Wildman–Crippen MR) is 115 cm³/mol. The molecule has 1 aromatic heterocycles. The minimum absolute atomic E-state index is 0. The summed E-state index contributed by atoms with van der Waals surface area (Å²) in [6.45, 7) is 0. The summed E-state index contributed by atoms with van der Waals surface area (Å²) in [6.07, 6.45) is 0. The standard InChI is InChI=1S/C19H21N3O2S.BrH/c1-22(2)15-8-6-14(7-9-15)20-19-21-16(12-25-19)13-5-10-17(23-3)18(11-13)24-4;/h5-12H,1-4H3,(H,20,21);1H. The number of ether oxygens (including phenoxy) is 2. The first-order chi connectivity index (χ1) is 12.1. The van der Waals surface area contributed by atoms with Crippen molar-refractivity contribution < 1.29 is 9.47 Å². The van der Waals surface area contributed by atoms with Crippen molar-refractivity contribution in [1.82, 2.24) is 4.98 Å². The molecule has 7 heteroatoms. The first-order valence-electron chi connectivity index (χ1n) is 7.83. The summed E-state index contributed by atoms with van der Waals surface area (Å²) >= 11 is 1.57. The number of anilines is 3. The minimum Gasteiger partial charge on any atom is -0.493 e. The second kappa shape index (κ2) is 8.91. The average molecular weight is 436 g/mol. The summed E-state index contributed by atoms with van der Waals surface area (Å²) in [6, 6.07) is 14.0. The van der Waals surface area contributed by atoms with Gasteiger partial charge in [0.25, 0.3) is 0 Å². The summed E-state index contributed by atoms with van der Waals surface area (Å²) in [5.41, 5.74) is 4.07. The molecule has 138 valence electrons. The number of hydrogen-bond acceptors (Lipinski definition) is 6. The number of rotatable bonds is 6. The highest BCUT2D eigenvalue weighted by molar-refractivity contribution is 8.93. The van der Waals surface area contributed by atoms with Crippen LogP contribution in [0.15, 0.2) is 47.8 Å². The van der Waals surface area contributed by atoms with Gasteiger partial charge in [0.05, 0.1) is 19.9 Å². The Kier molecular flexibility index (Phi) is 6.88. The van der Waals surface area contributed by atoms with E-state index < -0.39 is 0 Å². The number of thiazole rings is 1. The molecule has 0 bridgehead atoms. The van der Waals surface area contributed by atoms with E-state index in [4.69, 9.17) is 9.47 Å². The van der Waals surface area contributed by atoms with E-state index in [1.54, 1.807) is 25.6 Å². The number of benzene rings is 2. The van der Waals surface area contributed by atoms with E-state index in [2.05, 4.69) is 27.3 Å². The van der Waals surface area contributed by atoms with Crippen molar-refractivity contribution in [2.24, 2.45) is 0 Å². The SMILES string of the molecule is Br.COc1ccc(-c2csc(Nc3ccc(N(C)C)cc3)n2)cc1OC. The molecule has 0 aliphatic carbocycles. The Morgan fingerprint density at radius 1 is 0.962 bits per heavy atom. The van der Waals surface area contributed by atoms with Gasteiger partial charge in [-0.2, -0.15) is 0 Å². The zero-order valence-electron chi connectivity index (χ0n) is 15.1. The maximum atomic E-state index is 5.36. The minimum atomic E-state index is 0. The van der Waals surface area contributed by atoms with E-state index in [0.717, 1.165) is 27.8 Å². The highest BCUT2D eigenvalue weighted by Crippen LogP contribution is 2.34. The van der Waals surface area contributed by atoms with Gasteiger partial charge in [-0.15, -0.1) is 28.3 Å². The second-order valence-electron chi connectivity index (χ2n) is 5.67. The van der Waals surface area contributed by atoms with Gasteiger partial charge in [-0.05, 0) is 42.5 Å². The van der Waals surface area contributed by atoms with Crippen molar-refractivity contribution in [2.75, 3.05) is 38.5 Å². The molecule has 0 atom stereocenters. The summed E-state index contributed by atoms with van der Waals surface area (Å²) < 4.78 is 10.6. The van der Waals surface area contributed by atoms with E-state index in [-0.39, 0.29) is 17.0 Å². The molecule has 3 aromatic rings. The number of aromatic nitrogens is 1. The first-order valence-corrected chi connectivity index (χ1v) is 8.71. The monoisotopic (exact) mass is 435 g/mol. The van der Waals surface area contributed by atoms with Crippen LogP contribution < -0.4 is 19.7 Å². The molecule has 0 unspecified atom stereocenters. The maximum absolute atomic E-state index is 5.36. The molecule has 26 heavy (non-hydrogen) atoms. The predicted octanol–water partition coefficient (Wildman–Crippen LogP) is 5.21. The van der Waals surface area contributed by atoms with Crippen LogP contribution in [0, 0.1) is 0 Å². The fraction of sp³-hybridized carbons (Fsp3) is 0.211. The lowest BCUT2D eigenvalue weighted by molar-refractivity contribution is 0.355. The van der Waals surface area contributed by atoms with Crippen molar-refractivity contribution in [3.8, 4) is 22.8 Å². The van der Waals surface area contributed by atoms with Crippen LogP contribution in [-0.2, 0) is 0 Å². The van der Waals surface area contributed by atoms with E-state index in [1.807, 2.05) is 49.8 Å². The molecule has 0 aliphatic rings. The molecular weight excluding hydrogens is 414 g/mol. The number of nitrogens with one attached hydrogen (secondary N) is 1. The lowest BCUT2D eigenvalue weighted by Gasteiger charge is -2.12. The van der Waals surface area contributed by atoms with Crippen LogP contribution in [0.1, 0.15) is 0 Å². The van der Waals surface area contributed by atoms with Gasteiger partial charge in [0, 0.05) is 36.4 Å². The fourth-order valence-corrected chi connectivity index (χ4v) is 3.17. The Bertz CT molecular complexity index is 850. The summed E-state index contributed by atoms with van der Waals surface area (Å²) in [7, 11) is 7.31. The number of hydrogen-bond donors (Lipinski definition) is 1. The van der Waals surface area contributed by atoms with Crippen molar-refractivity contribution in [1.29, 1.82) is 0 Å². The van der Waals surface area contributed by atoms with Crippen molar-refractivity contribution in [2.45, 2.75) is 0 Å². The van der Waals surface area contributed by atoms with Gasteiger partial charge < -0.3 is 19.7 Å². The van der Waals surface area contributed by atoms with Crippen LogP contribution >= 0.6 is 28.3 Å². The lowest BCUT2D eigenvalue weighted by Crippen LogP contribution is -2.08. The van der Waals surface area contributed by atoms with Gasteiger partial charge in [0.15, 0.2) is 16.6 Å². The molecule has 0 saturated heterocycles. The van der Waals surface area contributed by atoms with Crippen LogP contribution in [0.4, 0.5) is 16.5 Å². The Balaban J connectivity index is 0.00000243. The Labute approximate surface area is 168 Å². The lowest BCUT2D eigenvalue weighted by atomic mass is 10.1. The smallest absolute Gasteiger partial charge is 0.187 e. The van der Waals surface area contributed by atoms with Crippen molar-refractivity contribution >= 4 is 44.8 Å². The molecule has 0 fully saturated rings. The van der Waals surface area contributed by atoms with Gasteiger partial charge in [-0.25, -0.2) is 4.98 Å². The quantitative estimate of drug-likeness (QED) is 0.575. The third-order valence-corrected chi connectivity index (χ3v) is 4.58. The molecule has 0 spiro atoms. The topological polar surface area (TPSA) is 46.6 Å². The van der Waals surface area contributed by atoms with Gasteiger partial charge in [-0.3, -0.25) is 0 Å². The molecule has 5 nitrogen and oxygen atoms in total. The van der Waals surface area contributed by atoms with Gasteiger partial charge in [0.1, 0.15) is 0 Å². The highest BCUT2D eigenvalue weighted by atomic mass is 79.9. The van der Waals surface area contributed by atoms with Crippen LogP contribution in [0.25, 0.3) is 11.3 Å². The molecule has 1 heterocycles. The highest BCUT2D eigenvalue weighted by Gasteiger charge is 2.09. The van der Waals surface area contributed by atoms with E-state index in [9.17, 15) is 0 Å². The normalized spacial score (nSPS) is 10.0. The molecule has 0 saturated carbocycles. The average Bonchev–Trinajstić information content (AvgIpc) is 3.10. The largest absolute Gasteiger partial charge is 0.493 e. The maximum Gasteiger partial charge on any atom is 0.187 e. The zero-order chi connectivity index (χ0) is 17.8. The van der Waals surface area contributed by atoms with Gasteiger partial charge >= 0.3 is 0 Å². The number of halogens is 1. The molecular formula is C19H22BrN3O2S. The van der Waals surface area contributed by atoms with E-state index in [0.29, 0.717) is 11.5 Å². The second-order valence-corrected chi connectivity index (χ2v) is 6.53.